The van der Waals surface area contributed by atoms with Gasteiger partial charge in [0.1, 0.15) is 13.2 Å². The van der Waals surface area contributed by atoms with Crippen LogP contribution >= 0.6 is 11.6 Å². The number of anilines is 2. The summed E-state index contributed by atoms with van der Waals surface area (Å²) in [6, 6.07) is 8.55. The SMILES string of the molecule is O=C(Nc1cc2c(cc1Cl)OCO2)[C@H]1CC(=O)N(c2ccc3c(c2)OCCO3)C1. The van der Waals surface area contributed by atoms with E-state index < -0.39 is 5.92 Å². The summed E-state index contributed by atoms with van der Waals surface area (Å²) in [5.41, 5.74) is 1.10. The molecule has 1 fully saturated rings. The number of halogens is 1. The van der Waals surface area contributed by atoms with Crippen molar-refractivity contribution in [2.45, 2.75) is 6.42 Å². The number of nitrogens with one attached hydrogen (secondary N) is 1. The molecule has 8 nitrogen and oxygen atoms in total. The number of hydrogen-bond acceptors (Lipinski definition) is 6. The molecule has 29 heavy (non-hydrogen) atoms. The maximum Gasteiger partial charge on any atom is 0.231 e. The highest BCUT2D eigenvalue weighted by atomic mass is 35.5. The molecule has 1 saturated heterocycles. The second-order valence-electron chi connectivity index (χ2n) is 6.91. The lowest BCUT2D eigenvalue weighted by Gasteiger charge is -2.22. The molecule has 0 aliphatic carbocycles. The zero-order chi connectivity index (χ0) is 20.0. The van der Waals surface area contributed by atoms with Crippen LogP contribution in [0.1, 0.15) is 6.42 Å². The van der Waals surface area contributed by atoms with Gasteiger partial charge in [-0.25, -0.2) is 0 Å². The first-order valence-electron chi connectivity index (χ1n) is 9.18. The molecule has 0 radical (unpaired) electrons. The van der Waals surface area contributed by atoms with Crippen molar-refractivity contribution in [2.75, 3.05) is 36.8 Å². The third kappa shape index (κ3) is 3.29. The van der Waals surface area contributed by atoms with Gasteiger partial charge in [0, 0.05) is 36.9 Å². The molecule has 5 rings (SSSR count). The molecule has 0 saturated carbocycles. The van der Waals surface area contributed by atoms with Crippen LogP contribution in [0.5, 0.6) is 23.0 Å². The number of benzene rings is 2. The van der Waals surface area contributed by atoms with Crippen LogP contribution < -0.4 is 29.2 Å². The first-order valence-corrected chi connectivity index (χ1v) is 9.56. The Morgan fingerprint density at radius 2 is 1.72 bits per heavy atom. The summed E-state index contributed by atoms with van der Waals surface area (Å²) in [4.78, 5) is 26.9. The Hall–Kier alpha value is -3.13. The van der Waals surface area contributed by atoms with E-state index in [1.807, 2.05) is 0 Å². The zero-order valence-electron chi connectivity index (χ0n) is 15.3. The second kappa shape index (κ2) is 7.04. The maximum atomic E-state index is 12.8. The van der Waals surface area contributed by atoms with E-state index in [1.54, 1.807) is 35.2 Å². The highest BCUT2D eigenvalue weighted by Gasteiger charge is 2.36. The van der Waals surface area contributed by atoms with Gasteiger partial charge < -0.3 is 29.2 Å². The summed E-state index contributed by atoms with van der Waals surface area (Å²) in [6.45, 7) is 1.35. The molecule has 9 heteroatoms. The standard InChI is InChI=1S/C20H17ClN2O6/c21-13-7-17-18(29-10-28-17)8-14(13)22-20(25)11-5-19(24)23(9-11)12-1-2-15-16(6-12)27-4-3-26-15/h1-2,6-8,11H,3-5,9-10H2,(H,22,25)/t11-/m0/s1. The van der Waals surface area contributed by atoms with Crippen molar-refractivity contribution in [3.8, 4) is 23.0 Å². The molecule has 0 unspecified atom stereocenters. The quantitative estimate of drug-likeness (QED) is 0.828. The van der Waals surface area contributed by atoms with Gasteiger partial charge in [0.2, 0.25) is 18.6 Å². The number of hydrogen-bond donors (Lipinski definition) is 1. The van der Waals surface area contributed by atoms with Crippen LogP contribution in [0.3, 0.4) is 0 Å². The van der Waals surface area contributed by atoms with Gasteiger partial charge in [-0.1, -0.05) is 11.6 Å². The Morgan fingerprint density at radius 3 is 2.55 bits per heavy atom. The Bertz CT molecular complexity index is 1010. The van der Waals surface area contributed by atoms with E-state index in [0.717, 1.165) is 0 Å². The molecule has 1 atom stereocenters. The van der Waals surface area contributed by atoms with Crippen LogP contribution in [0.15, 0.2) is 30.3 Å². The fourth-order valence-electron chi connectivity index (χ4n) is 3.58. The molecule has 3 aliphatic rings. The summed E-state index contributed by atoms with van der Waals surface area (Å²) >= 11 is 6.23. The van der Waals surface area contributed by atoms with Crippen molar-refractivity contribution in [3.05, 3.63) is 35.4 Å². The van der Waals surface area contributed by atoms with E-state index in [-0.39, 0.29) is 31.6 Å². The molecule has 2 aromatic carbocycles. The first-order chi connectivity index (χ1) is 14.1. The van der Waals surface area contributed by atoms with Crippen molar-refractivity contribution in [1.82, 2.24) is 0 Å². The fraction of sp³-hybridized carbons (Fsp3) is 0.300. The van der Waals surface area contributed by atoms with Gasteiger partial charge in [0.05, 0.1) is 16.6 Å². The molecule has 150 valence electrons. The lowest BCUT2D eigenvalue weighted by atomic mass is 10.1. The number of carbonyl (C=O) groups excluding carboxylic acids is 2. The Kier molecular flexibility index (Phi) is 4.35. The molecule has 1 N–H and O–H groups in total. The first kappa shape index (κ1) is 17.9. The molecular weight excluding hydrogens is 400 g/mol. The van der Waals surface area contributed by atoms with E-state index in [0.29, 0.717) is 52.6 Å². The van der Waals surface area contributed by atoms with E-state index in [1.165, 1.54) is 0 Å². The normalized spacial score (nSPS) is 19.4. The average molecular weight is 417 g/mol. The highest BCUT2D eigenvalue weighted by molar-refractivity contribution is 6.34. The van der Waals surface area contributed by atoms with E-state index in [4.69, 9.17) is 30.5 Å². The van der Waals surface area contributed by atoms with Crippen LogP contribution in [-0.2, 0) is 9.59 Å². The number of carbonyl (C=O) groups is 2. The minimum Gasteiger partial charge on any atom is -0.486 e. The van der Waals surface area contributed by atoms with Gasteiger partial charge in [-0.05, 0) is 12.1 Å². The summed E-state index contributed by atoms with van der Waals surface area (Å²) in [5, 5.41) is 3.14. The summed E-state index contributed by atoms with van der Waals surface area (Å²) in [5.74, 6) is 1.40. The van der Waals surface area contributed by atoms with Crippen LogP contribution in [-0.4, -0.2) is 38.4 Å². The van der Waals surface area contributed by atoms with Crippen molar-refractivity contribution in [3.63, 3.8) is 0 Å². The monoisotopic (exact) mass is 416 g/mol. The smallest absolute Gasteiger partial charge is 0.231 e. The Balaban J connectivity index is 1.31. The van der Waals surface area contributed by atoms with Gasteiger partial charge >= 0.3 is 0 Å². The van der Waals surface area contributed by atoms with E-state index in [9.17, 15) is 9.59 Å². The van der Waals surface area contributed by atoms with Gasteiger partial charge in [-0.3, -0.25) is 9.59 Å². The molecule has 0 bridgehead atoms. The van der Waals surface area contributed by atoms with E-state index >= 15 is 0 Å². The third-order valence-electron chi connectivity index (χ3n) is 5.05. The largest absolute Gasteiger partial charge is 0.486 e. The second-order valence-corrected chi connectivity index (χ2v) is 7.32. The molecule has 2 amide bonds. The highest BCUT2D eigenvalue weighted by Crippen LogP contribution is 2.40. The molecule has 3 heterocycles. The summed E-state index contributed by atoms with van der Waals surface area (Å²) in [7, 11) is 0. The maximum absolute atomic E-state index is 12.8. The Labute approximate surface area is 171 Å². The van der Waals surface area contributed by atoms with Gasteiger partial charge in [-0.15, -0.1) is 0 Å². The average Bonchev–Trinajstić information content (AvgIpc) is 3.34. The minimum atomic E-state index is -0.503. The number of ether oxygens (including phenoxy) is 4. The molecule has 2 aromatic rings. The number of nitrogens with zero attached hydrogens (tertiary/aromatic N) is 1. The number of amides is 2. The lowest BCUT2D eigenvalue weighted by Crippen LogP contribution is -2.28. The summed E-state index contributed by atoms with van der Waals surface area (Å²) in [6.07, 6.45) is 0.114. The fourth-order valence-corrected chi connectivity index (χ4v) is 3.78. The molecule has 0 aromatic heterocycles. The van der Waals surface area contributed by atoms with Crippen molar-refractivity contribution < 1.29 is 28.5 Å². The molecular formula is C20H17ClN2O6. The van der Waals surface area contributed by atoms with E-state index in [2.05, 4.69) is 5.32 Å². The van der Waals surface area contributed by atoms with Gasteiger partial charge in [0.15, 0.2) is 23.0 Å². The Morgan fingerprint density at radius 1 is 1.00 bits per heavy atom. The van der Waals surface area contributed by atoms with Crippen LogP contribution in [0.2, 0.25) is 5.02 Å². The van der Waals surface area contributed by atoms with Crippen molar-refractivity contribution >= 4 is 34.8 Å². The van der Waals surface area contributed by atoms with Gasteiger partial charge in [-0.2, -0.15) is 0 Å². The predicted molar refractivity (Wildman–Crippen MR) is 104 cm³/mol. The van der Waals surface area contributed by atoms with Gasteiger partial charge in [0.25, 0.3) is 0 Å². The van der Waals surface area contributed by atoms with Crippen molar-refractivity contribution in [2.24, 2.45) is 5.92 Å². The molecule has 0 spiro atoms. The molecule has 3 aliphatic heterocycles. The number of fused-ring (bicyclic) bond motifs is 2. The third-order valence-corrected chi connectivity index (χ3v) is 5.37. The zero-order valence-corrected chi connectivity index (χ0v) is 16.0. The van der Waals surface area contributed by atoms with Crippen LogP contribution in [0.4, 0.5) is 11.4 Å². The topological polar surface area (TPSA) is 86.3 Å². The van der Waals surface area contributed by atoms with Crippen LogP contribution in [0, 0.1) is 5.92 Å². The number of rotatable bonds is 3. The van der Waals surface area contributed by atoms with Crippen LogP contribution in [0.25, 0.3) is 0 Å². The van der Waals surface area contributed by atoms with Crippen molar-refractivity contribution in [1.29, 1.82) is 0 Å². The minimum absolute atomic E-state index is 0.114. The lowest BCUT2D eigenvalue weighted by molar-refractivity contribution is -0.122. The summed E-state index contributed by atoms with van der Waals surface area (Å²) < 4.78 is 21.7. The predicted octanol–water partition coefficient (Wildman–Crippen LogP) is 2.83.